The van der Waals surface area contributed by atoms with Gasteiger partial charge in [0, 0.05) is 31.2 Å². The van der Waals surface area contributed by atoms with Gasteiger partial charge in [0.25, 0.3) is 0 Å². The topological polar surface area (TPSA) is 91.2 Å². The largest absolute Gasteiger partial charge is 0.361 e. The number of likely N-dealkylation sites (N-methyl/N-ethyl adjacent to an activating group) is 1. The summed E-state index contributed by atoms with van der Waals surface area (Å²) in [6.45, 7) is -0.0343. The first-order valence-corrected chi connectivity index (χ1v) is 6.77. The third kappa shape index (κ3) is 4.22. The maximum atomic E-state index is 11.9. The Balaban J connectivity index is 0.00000242. The maximum absolute atomic E-state index is 11.9. The van der Waals surface area contributed by atoms with E-state index in [9.17, 15) is 9.59 Å². The van der Waals surface area contributed by atoms with Crippen LogP contribution in [0.25, 0.3) is 10.9 Å². The van der Waals surface area contributed by atoms with Crippen LogP contribution in [0.1, 0.15) is 5.56 Å². The summed E-state index contributed by atoms with van der Waals surface area (Å²) in [4.78, 5) is 27.9. The van der Waals surface area contributed by atoms with Gasteiger partial charge in [-0.1, -0.05) is 18.2 Å². The van der Waals surface area contributed by atoms with E-state index in [4.69, 9.17) is 5.73 Å². The summed E-state index contributed by atoms with van der Waals surface area (Å²) < 4.78 is 0. The number of rotatable bonds is 5. The molecule has 0 aliphatic heterocycles. The highest BCUT2D eigenvalue weighted by Gasteiger charge is 2.17. The number of benzene rings is 1. The number of carbonyl (C=O) groups is 2. The Morgan fingerprint density at radius 2 is 2.00 bits per heavy atom. The van der Waals surface area contributed by atoms with Crippen molar-refractivity contribution < 1.29 is 9.59 Å². The van der Waals surface area contributed by atoms with Gasteiger partial charge in [-0.05, 0) is 18.1 Å². The van der Waals surface area contributed by atoms with Crippen molar-refractivity contribution in [3.05, 3.63) is 36.0 Å². The molecule has 0 radical (unpaired) electrons. The molecule has 2 amide bonds. The molecular weight excluding hydrogens is 304 g/mol. The molecule has 0 aliphatic rings. The molecule has 0 spiro atoms. The molecule has 0 bridgehead atoms. The van der Waals surface area contributed by atoms with E-state index in [0.29, 0.717) is 6.42 Å². The molecule has 2 rings (SSSR count). The maximum Gasteiger partial charge on any atom is 0.241 e. The number of aromatic amines is 1. The van der Waals surface area contributed by atoms with Crippen LogP contribution in [0.5, 0.6) is 0 Å². The highest BCUT2D eigenvalue weighted by atomic mass is 35.5. The number of nitrogens with zero attached hydrogens (tertiary/aromatic N) is 1. The molecule has 0 aliphatic carbocycles. The Kier molecular flexibility index (Phi) is 6.39. The number of para-hydroxylation sites is 1. The number of halogens is 1. The predicted molar refractivity (Wildman–Crippen MR) is 88.9 cm³/mol. The molecule has 1 aromatic carbocycles. The Labute approximate surface area is 135 Å². The van der Waals surface area contributed by atoms with Gasteiger partial charge in [0.15, 0.2) is 0 Å². The number of fused-ring (bicyclic) bond motifs is 1. The summed E-state index contributed by atoms with van der Waals surface area (Å²) in [7, 11) is 3.28. The average molecular weight is 325 g/mol. The molecule has 1 atom stereocenters. The van der Waals surface area contributed by atoms with Crippen LogP contribution in [-0.2, 0) is 16.0 Å². The van der Waals surface area contributed by atoms with Crippen molar-refractivity contribution in [3.63, 3.8) is 0 Å². The molecule has 6 nitrogen and oxygen atoms in total. The van der Waals surface area contributed by atoms with Crippen LogP contribution < -0.4 is 11.1 Å². The van der Waals surface area contributed by atoms with E-state index in [1.807, 2.05) is 30.5 Å². The van der Waals surface area contributed by atoms with Gasteiger partial charge in [0.2, 0.25) is 11.8 Å². The first kappa shape index (κ1) is 18.0. The first-order chi connectivity index (χ1) is 9.99. The Hall–Kier alpha value is -2.05. The highest BCUT2D eigenvalue weighted by Crippen LogP contribution is 2.18. The molecule has 1 aromatic heterocycles. The summed E-state index contributed by atoms with van der Waals surface area (Å²) in [6, 6.07) is 7.17. The van der Waals surface area contributed by atoms with E-state index in [1.165, 1.54) is 4.90 Å². The standard InChI is InChI=1S/C15H20N4O2.ClH/c1-19(2)14(20)9-18-15(21)12(16)7-10-8-17-13-6-4-3-5-11(10)13;/h3-6,8,12,17H,7,9,16H2,1-2H3,(H,18,21);1H/t12-;/m0./s1. The average Bonchev–Trinajstić information content (AvgIpc) is 2.87. The first-order valence-electron chi connectivity index (χ1n) is 6.77. The number of H-pyrrole nitrogens is 1. The fourth-order valence-electron chi connectivity index (χ4n) is 2.08. The number of nitrogens with two attached hydrogens (primary N) is 1. The summed E-state index contributed by atoms with van der Waals surface area (Å²) in [5.41, 5.74) is 7.92. The summed E-state index contributed by atoms with van der Waals surface area (Å²) in [5.74, 6) is -0.488. The molecule has 4 N–H and O–H groups in total. The van der Waals surface area contributed by atoms with Crippen LogP contribution in [0, 0.1) is 0 Å². The number of nitrogens with one attached hydrogen (secondary N) is 2. The van der Waals surface area contributed by atoms with Gasteiger partial charge in [0.1, 0.15) is 0 Å². The zero-order chi connectivity index (χ0) is 15.4. The third-order valence-electron chi connectivity index (χ3n) is 3.36. The van der Waals surface area contributed by atoms with E-state index in [0.717, 1.165) is 16.5 Å². The highest BCUT2D eigenvalue weighted by molar-refractivity contribution is 5.88. The minimum Gasteiger partial charge on any atom is -0.361 e. The second-order valence-electron chi connectivity index (χ2n) is 5.18. The number of aromatic nitrogens is 1. The van der Waals surface area contributed by atoms with E-state index < -0.39 is 6.04 Å². The smallest absolute Gasteiger partial charge is 0.241 e. The zero-order valence-corrected chi connectivity index (χ0v) is 13.4. The van der Waals surface area contributed by atoms with Crippen LogP contribution in [-0.4, -0.2) is 48.4 Å². The van der Waals surface area contributed by atoms with E-state index in [1.54, 1.807) is 14.1 Å². The predicted octanol–water partition coefficient (Wildman–Crippen LogP) is 0.664. The lowest BCUT2D eigenvalue weighted by molar-refractivity contribution is -0.131. The van der Waals surface area contributed by atoms with Gasteiger partial charge in [0.05, 0.1) is 12.6 Å². The molecule has 0 fully saturated rings. The Bertz CT molecular complexity index is 654. The van der Waals surface area contributed by atoms with Crippen LogP contribution in [0.3, 0.4) is 0 Å². The quantitative estimate of drug-likeness (QED) is 0.754. The molecule has 1 heterocycles. The van der Waals surface area contributed by atoms with Crippen molar-refractivity contribution >= 4 is 35.1 Å². The van der Waals surface area contributed by atoms with Crippen LogP contribution in [0.4, 0.5) is 0 Å². The van der Waals surface area contributed by atoms with Crippen molar-refractivity contribution in [2.24, 2.45) is 5.73 Å². The van der Waals surface area contributed by atoms with Gasteiger partial charge in [-0.15, -0.1) is 12.4 Å². The molecule has 22 heavy (non-hydrogen) atoms. The van der Waals surface area contributed by atoms with Gasteiger partial charge in [-0.2, -0.15) is 0 Å². The van der Waals surface area contributed by atoms with Gasteiger partial charge >= 0.3 is 0 Å². The molecular formula is C15H21ClN4O2. The van der Waals surface area contributed by atoms with E-state index in [2.05, 4.69) is 10.3 Å². The fraction of sp³-hybridized carbons (Fsp3) is 0.333. The lowest BCUT2D eigenvalue weighted by Crippen LogP contribution is -2.45. The van der Waals surface area contributed by atoms with Crippen LogP contribution in [0.2, 0.25) is 0 Å². The molecule has 0 unspecified atom stereocenters. The zero-order valence-electron chi connectivity index (χ0n) is 12.6. The number of carbonyl (C=O) groups excluding carboxylic acids is 2. The lowest BCUT2D eigenvalue weighted by atomic mass is 10.1. The summed E-state index contributed by atoms with van der Waals surface area (Å²) in [5, 5.41) is 3.62. The monoisotopic (exact) mass is 324 g/mol. The van der Waals surface area contributed by atoms with Crippen LogP contribution in [0.15, 0.2) is 30.5 Å². The van der Waals surface area contributed by atoms with Gasteiger partial charge in [-0.25, -0.2) is 0 Å². The summed E-state index contributed by atoms with van der Waals surface area (Å²) in [6.07, 6.45) is 2.29. The SMILES string of the molecule is CN(C)C(=O)CNC(=O)[C@@H](N)Cc1c[nH]c2ccccc12.Cl. The lowest BCUT2D eigenvalue weighted by Gasteiger charge is -2.14. The van der Waals surface area contributed by atoms with E-state index in [-0.39, 0.29) is 30.8 Å². The second-order valence-corrected chi connectivity index (χ2v) is 5.18. The Morgan fingerprint density at radius 1 is 1.32 bits per heavy atom. The van der Waals surface area contributed by atoms with Gasteiger partial charge in [-0.3, -0.25) is 9.59 Å². The third-order valence-corrected chi connectivity index (χ3v) is 3.36. The van der Waals surface area contributed by atoms with Crippen LogP contribution >= 0.6 is 12.4 Å². The number of amides is 2. The van der Waals surface area contributed by atoms with E-state index >= 15 is 0 Å². The second kappa shape index (κ2) is 7.82. The molecule has 0 saturated carbocycles. The van der Waals surface area contributed by atoms with Crippen molar-refractivity contribution in [1.82, 2.24) is 15.2 Å². The van der Waals surface area contributed by atoms with Crippen molar-refractivity contribution in [2.75, 3.05) is 20.6 Å². The summed E-state index contributed by atoms with van der Waals surface area (Å²) >= 11 is 0. The molecule has 120 valence electrons. The fourth-order valence-corrected chi connectivity index (χ4v) is 2.08. The Morgan fingerprint density at radius 3 is 2.68 bits per heavy atom. The molecule has 7 heteroatoms. The van der Waals surface area contributed by atoms with Crippen molar-refractivity contribution in [2.45, 2.75) is 12.5 Å². The molecule has 2 aromatic rings. The normalized spacial score (nSPS) is 11.6. The number of hydrogen-bond acceptors (Lipinski definition) is 3. The van der Waals surface area contributed by atoms with Crippen molar-refractivity contribution in [3.8, 4) is 0 Å². The number of hydrogen-bond donors (Lipinski definition) is 3. The molecule has 0 saturated heterocycles. The minimum absolute atomic E-state index is 0. The minimum atomic E-state index is -0.681. The van der Waals surface area contributed by atoms with Gasteiger partial charge < -0.3 is 20.9 Å². The van der Waals surface area contributed by atoms with Crippen molar-refractivity contribution in [1.29, 1.82) is 0 Å².